The van der Waals surface area contributed by atoms with E-state index in [0.717, 1.165) is 106 Å². The van der Waals surface area contributed by atoms with E-state index in [-0.39, 0.29) is 0 Å². The highest BCUT2D eigenvalue weighted by atomic mass is 16.3. The molecule has 0 atom stereocenters. The molecule has 10 aromatic carbocycles. The molecule has 0 radical (unpaired) electrons. The Morgan fingerprint density at radius 1 is 0.238 bits per heavy atom. The first-order valence-corrected chi connectivity index (χ1v) is 21.3. The van der Waals surface area contributed by atoms with Gasteiger partial charge in [0.2, 0.25) is 0 Å². The molecule has 63 heavy (non-hydrogen) atoms. The quantitative estimate of drug-likeness (QED) is 0.145. The fourth-order valence-corrected chi connectivity index (χ4v) is 9.24. The predicted octanol–water partition coefficient (Wildman–Crippen LogP) is 17.0. The van der Waals surface area contributed by atoms with E-state index in [9.17, 15) is 0 Å². The highest BCUT2D eigenvalue weighted by Crippen LogP contribution is 2.51. The molecular weight excluding hydrogens is 771 g/mol. The fourth-order valence-electron chi connectivity index (χ4n) is 9.24. The molecule has 298 valence electrons. The second-order valence-corrected chi connectivity index (χ2v) is 15.7. The first-order chi connectivity index (χ1) is 31.3. The molecule has 0 aliphatic carbocycles. The van der Waals surface area contributed by atoms with Gasteiger partial charge in [0.1, 0.15) is 16.7 Å². The number of nitrogens with zero attached hydrogens (tertiary/aromatic N) is 3. The normalized spacial score (nSPS) is 11.5. The van der Waals surface area contributed by atoms with Gasteiger partial charge in [0.15, 0.2) is 5.58 Å². The summed E-state index contributed by atoms with van der Waals surface area (Å²) in [5.41, 5.74) is 12.3. The Balaban J connectivity index is 1.21. The molecular formula is C58H39N3O2. The Kier molecular flexibility index (Phi) is 8.75. The van der Waals surface area contributed by atoms with Crippen LogP contribution in [0.2, 0.25) is 0 Å². The molecule has 12 aromatic rings. The first kappa shape index (κ1) is 36.3. The highest BCUT2D eigenvalue weighted by Gasteiger charge is 2.27. The molecule has 0 unspecified atom stereocenters. The summed E-state index contributed by atoms with van der Waals surface area (Å²) >= 11 is 0. The maximum Gasteiger partial charge on any atom is 0.159 e. The molecule has 0 saturated carbocycles. The predicted molar refractivity (Wildman–Crippen MR) is 263 cm³/mol. The van der Waals surface area contributed by atoms with Crippen LogP contribution < -0.4 is 14.7 Å². The fraction of sp³-hybridized carbons (Fsp3) is 0. The summed E-state index contributed by atoms with van der Waals surface area (Å²) in [6, 6.07) is 83.1. The number of para-hydroxylation sites is 7. The monoisotopic (exact) mass is 809 g/mol. The second-order valence-electron chi connectivity index (χ2n) is 15.7. The largest absolute Gasteiger partial charge is 0.455 e. The van der Waals surface area contributed by atoms with Crippen molar-refractivity contribution in [2.75, 3.05) is 14.7 Å². The van der Waals surface area contributed by atoms with Gasteiger partial charge in [0.05, 0.1) is 28.1 Å². The van der Waals surface area contributed by atoms with E-state index >= 15 is 0 Å². The Labute approximate surface area is 364 Å². The molecule has 0 aliphatic heterocycles. The van der Waals surface area contributed by atoms with E-state index in [1.165, 1.54) is 0 Å². The summed E-state index contributed by atoms with van der Waals surface area (Å²) in [6.45, 7) is 0. The molecule has 5 heteroatoms. The van der Waals surface area contributed by atoms with Crippen molar-refractivity contribution in [3.05, 3.63) is 237 Å². The van der Waals surface area contributed by atoms with E-state index in [1.54, 1.807) is 0 Å². The lowest BCUT2D eigenvalue weighted by Crippen LogP contribution is -2.13. The Hall–Kier alpha value is -8.54. The van der Waals surface area contributed by atoms with Crippen molar-refractivity contribution in [1.82, 2.24) is 0 Å². The van der Waals surface area contributed by atoms with Crippen molar-refractivity contribution >= 4 is 106 Å². The summed E-state index contributed by atoms with van der Waals surface area (Å²) in [6.07, 6.45) is 0. The SMILES string of the molecule is c1ccc(N(c2ccccc2)c2cc3c(oc4cc(N(c5ccccc5)c5cccc6c5oc5ccccc56)cc(N(c5ccccc5)c5ccccc5)c43)c3ccccc23)cc1. The third kappa shape index (κ3) is 6.17. The number of fused-ring (bicyclic) bond motifs is 8. The second kappa shape index (κ2) is 15.2. The van der Waals surface area contributed by atoms with E-state index in [0.29, 0.717) is 0 Å². The third-order valence-electron chi connectivity index (χ3n) is 12.0. The minimum Gasteiger partial charge on any atom is -0.455 e. The Bertz CT molecular complexity index is 3490. The minimum atomic E-state index is 0.764. The van der Waals surface area contributed by atoms with Crippen molar-refractivity contribution in [3.8, 4) is 0 Å². The minimum absolute atomic E-state index is 0.764. The van der Waals surface area contributed by atoms with E-state index in [4.69, 9.17) is 8.83 Å². The maximum atomic E-state index is 7.28. The van der Waals surface area contributed by atoms with Crippen LogP contribution in [0.5, 0.6) is 0 Å². The van der Waals surface area contributed by atoms with Crippen molar-refractivity contribution in [1.29, 1.82) is 0 Å². The van der Waals surface area contributed by atoms with Crippen LogP contribution in [0.1, 0.15) is 0 Å². The molecule has 12 rings (SSSR count). The van der Waals surface area contributed by atoms with Crippen LogP contribution in [0.4, 0.5) is 51.2 Å². The molecule has 0 N–H and O–H groups in total. The summed E-state index contributed by atoms with van der Waals surface area (Å²) in [5, 5.41) is 6.28. The molecule has 0 spiro atoms. The van der Waals surface area contributed by atoms with Gasteiger partial charge < -0.3 is 23.5 Å². The van der Waals surface area contributed by atoms with Crippen LogP contribution in [0.15, 0.2) is 245 Å². The van der Waals surface area contributed by atoms with Crippen LogP contribution in [0.3, 0.4) is 0 Å². The summed E-state index contributed by atoms with van der Waals surface area (Å²) in [4.78, 5) is 7.00. The van der Waals surface area contributed by atoms with Crippen LogP contribution >= 0.6 is 0 Å². The summed E-state index contributed by atoms with van der Waals surface area (Å²) in [5.74, 6) is 0. The average Bonchev–Trinajstić information content (AvgIpc) is 3.93. The van der Waals surface area contributed by atoms with E-state index in [2.05, 4.69) is 239 Å². The van der Waals surface area contributed by atoms with Gasteiger partial charge in [-0.3, -0.25) is 0 Å². The first-order valence-electron chi connectivity index (χ1n) is 21.3. The number of benzene rings is 10. The number of furan rings is 2. The number of hydrogen-bond acceptors (Lipinski definition) is 5. The smallest absolute Gasteiger partial charge is 0.159 e. The van der Waals surface area contributed by atoms with Gasteiger partial charge in [-0.15, -0.1) is 0 Å². The van der Waals surface area contributed by atoms with Gasteiger partial charge >= 0.3 is 0 Å². The van der Waals surface area contributed by atoms with E-state index < -0.39 is 0 Å². The average molecular weight is 810 g/mol. The lowest BCUT2D eigenvalue weighted by atomic mass is 10.00. The lowest BCUT2D eigenvalue weighted by Gasteiger charge is -2.30. The Morgan fingerprint density at radius 3 is 1.21 bits per heavy atom. The van der Waals surface area contributed by atoms with Gasteiger partial charge in [0.25, 0.3) is 0 Å². The van der Waals surface area contributed by atoms with Gasteiger partial charge in [0, 0.05) is 61.4 Å². The molecule has 2 heterocycles. The van der Waals surface area contributed by atoms with Gasteiger partial charge in [-0.2, -0.15) is 0 Å². The van der Waals surface area contributed by atoms with E-state index in [1.807, 2.05) is 12.1 Å². The van der Waals surface area contributed by atoms with Crippen LogP contribution in [0, 0.1) is 0 Å². The van der Waals surface area contributed by atoms with Crippen molar-refractivity contribution < 1.29 is 8.83 Å². The molecule has 2 aromatic heterocycles. The van der Waals surface area contributed by atoms with Gasteiger partial charge in [-0.05, 0) is 84.9 Å². The topological polar surface area (TPSA) is 36.0 Å². The van der Waals surface area contributed by atoms with Gasteiger partial charge in [-0.1, -0.05) is 146 Å². The van der Waals surface area contributed by atoms with Crippen LogP contribution in [0.25, 0.3) is 54.6 Å². The summed E-state index contributed by atoms with van der Waals surface area (Å²) < 4.78 is 14.0. The lowest BCUT2D eigenvalue weighted by molar-refractivity contribution is 0.668. The molecule has 0 aliphatic rings. The third-order valence-corrected chi connectivity index (χ3v) is 12.0. The van der Waals surface area contributed by atoms with Crippen molar-refractivity contribution in [2.45, 2.75) is 0 Å². The van der Waals surface area contributed by atoms with Crippen molar-refractivity contribution in [2.24, 2.45) is 0 Å². The van der Waals surface area contributed by atoms with Crippen molar-refractivity contribution in [3.63, 3.8) is 0 Å². The molecule has 0 fully saturated rings. The maximum absolute atomic E-state index is 7.28. The molecule has 0 saturated heterocycles. The number of anilines is 9. The standard InChI is InChI=1S/C58H39N3O2/c1-6-21-40(22-7-1)59(41-23-8-2-9-24-41)52-39-50-56-53(60(42-25-10-3-11-26-42)43-27-12-4-13-28-43)37-45(38-55(56)63-57(50)48-33-17-16-31-46(48)52)61(44-29-14-5-15-30-44)51-35-20-34-49-47-32-18-19-36-54(47)62-58(49)51/h1-39H. The van der Waals surface area contributed by atoms with Gasteiger partial charge in [-0.25, -0.2) is 0 Å². The number of rotatable bonds is 9. The number of hydrogen-bond donors (Lipinski definition) is 0. The molecule has 0 bridgehead atoms. The van der Waals surface area contributed by atoms with Crippen LogP contribution in [-0.2, 0) is 0 Å². The van der Waals surface area contributed by atoms with Crippen LogP contribution in [-0.4, -0.2) is 0 Å². The Morgan fingerprint density at radius 2 is 0.651 bits per heavy atom. The zero-order valence-electron chi connectivity index (χ0n) is 34.2. The molecule has 5 nitrogen and oxygen atoms in total. The zero-order valence-corrected chi connectivity index (χ0v) is 34.2. The summed E-state index contributed by atoms with van der Waals surface area (Å²) in [7, 11) is 0. The zero-order chi connectivity index (χ0) is 41.7. The highest BCUT2D eigenvalue weighted by molar-refractivity contribution is 6.24. The molecule has 0 amide bonds.